The van der Waals surface area contributed by atoms with Gasteiger partial charge in [0.25, 0.3) is 0 Å². The maximum Gasteiger partial charge on any atom is 0.126 e. The smallest absolute Gasteiger partial charge is 0.126 e. The van der Waals surface area contributed by atoms with Crippen molar-refractivity contribution < 1.29 is 42.9 Å². The summed E-state index contributed by atoms with van der Waals surface area (Å²) in [4.78, 5) is 0. The van der Waals surface area contributed by atoms with Crippen molar-refractivity contribution in [3.63, 3.8) is 0 Å². The van der Waals surface area contributed by atoms with Gasteiger partial charge < -0.3 is 4.74 Å². The minimum absolute atomic E-state index is 0. The SMILES string of the molecule is C1=Cc2ccccc2OC1.[Mn].[Mo]. The maximum absolute atomic E-state index is 5.34. The Balaban J connectivity index is 0.000000605. The number of fused-ring (bicyclic) bond motifs is 1. The zero-order chi connectivity index (χ0) is 6.81. The van der Waals surface area contributed by atoms with E-state index in [0.717, 1.165) is 5.75 Å². The molecule has 0 atom stereocenters. The van der Waals surface area contributed by atoms with Gasteiger partial charge in [-0.15, -0.1) is 0 Å². The van der Waals surface area contributed by atoms with Crippen LogP contribution in [0.15, 0.2) is 30.3 Å². The first kappa shape index (κ1) is 12.0. The summed E-state index contributed by atoms with van der Waals surface area (Å²) in [6.45, 7) is 0.705. The van der Waals surface area contributed by atoms with E-state index in [1.807, 2.05) is 30.3 Å². The minimum atomic E-state index is 0. The van der Waals surface area contributed by atoms with Crippen LogP contribution >= 0.6 is 0 Å². The van der Waals surface area contributed by atoms with E-state index >= 15 is 0 Å². The number of hydrogen-bond donors (Lipinski definition) is 0. The zero-order valence-electron chi connectivity index (χ0n) is 6.37. The van der Waals surface area contributed by atoms with Crippen LogP contribution in [0.4, 0.5) is 0 Å². The third-order valence-corrected chi connectivity index (χ3v) is 1.55. The van der Waals surface area contributed by atoms with E-state index < -0.39 is 0 Å². The molecule has 2 rings (SSSR count). The molecule has 1 aliphatic heterocycles. The van der Waals surface area contributed by atoms with Crippen LogP contribution in [0.5, 0.6) is 5.75 Å². The van der Waals surface area contributed by atoms with E-state index in [1.165, 1.54) is 5.56 Å². The number of ether oxygens (including phenoxy) is 1. The van der Waals surface area contributed by atoms with Gasteiger partial charge in [-0.3, -0.25) is 0 Å². The summed E-state index contributed by atoms with van der Waals surface area (Å²) in [6, 6.07) is 8.03. The van der Waals surface area contributed by atoms with E-state index in [2.05, 4.69) is 6.08 Å². The van der Waals surface area contributed by atoms with Crippen LogP contribution in [-0.4, -0.2) is 6.61 Å². The molecule has 1 aliphatic rings. The Labute approximate surface area is 96.9 Å². The standard InChI is InChI=1S/C9H8O.Mn.Mo/c1-2-6-9-8(4-1)5-3-7-10-9;;/h1-6H,7H2;;. The van der Waals surface area contributed by atoms with Gasteiger partial charge in [0.05, 0.1) is 0 Å². The first-order valence-electron chi connectivity index (χ1n) is 3.35. The van der Waals surface area contributed by atoms with E-state index in [4.69, 9.17) is 4.74 Å². The Kier molecular flexibility index (Phi) is 5.57. The summed E-state index contributed by atoms with van der Waals surface area (Å²) in [7, 11) is 0. The van der Waals surface area contributed by atoms with Gasteiger partial charge in [0.15, 0.2) is 0 Å². The molecule has 1 heterocycles. The molecular weight excluding hydrogens is 275 g/mol. The molecule has 1 aromatic rings. The summed E-state index contributed by atoms with van der Waals surface area (Å²) in [5, 5.41) is 0. The van der Waals surface area contributed by atoms with E-state index in [-0.39, 0.29) is 38.1 Å². The molecular formula is C9H8MnMoO. The van der Waals surface area contributed by atoms with Gasteiger partial charge in [0.1, 0.15) is 12.4 Å². The van der Waals surface area contributed by atoms with Gasteiger partial charge in [-0.25, -0.2) is 0 Å². The van der Waals surface area contributed by atoms with Crippen molar-refractivity contribution in [2.45, 2.75) is 0 Å². The summed E-state index contributed by atoms with van der Waals surface area (Å²) < 4.78 is 5.34. The van der Waals surface area contributed by atoms with Crippen LogP contribution < -0.4 is 4.74 Å². The van der Waals surface area contributed by atoms with Crippen molar-refractivity contribution >= 4 is 6.08 Å². The molecule has 0 unspecified atom stereocenters. The molecule has 0 saturated carbocycles. The molecule has 1 aromatic carbocycles. The Morgan fingerprint density at radius 3 is 2.67 bits per heavy atom. The average molecular weight is 283 g/mol. The van der Waals surface area contributed by atoms with Crippen LogP contribution in [0, 0.1) is 0 Å². The van der Waals surface area contributed by atoms with E-state index in [9.17, 15) is 0 Å². The van der Waals surface area contributed by atoms with Gasteiger partial charge >= 0.3 is 0 Å². The van der Waals surface area contributed by atoms with Crippen LogP contribution in [-0.2, 0) is 38.1 Å². The number of hydrogen-bond acceptors (Lipinski definition) is 1. The van der Waals surface area contributed by atoms with E-state index in [1.54, 1.807) is 0 Å². The van der Waals surface area contributed by atoms with Crippen LogP contribution in [0.3, 0.4) is 0 Å². The van der Waals surface area contributed by atoms with Gasteiger partial charge in [-0.05, 0) is 12.1 Å². The first-order valence-corrected chi connectivity index (χ1v) is 3.35. The topological polar surface area (TPSA) is 9.23 Å². The monoisotopic (exact) mass is 285 g/mol. The molecule has 0 aliphatic carbocycles. The third kappa shape index (κ3) is 2.48. The fraction of sp³-hybridized carbons (Fsp3) is 0.111. The minimum Gasteiger partial charge on any atom is -0.489 e. The fourth-order valence-corrected chi connectivity index (χ4v) is 1.06. The number of rotatable bonds is 0. The quantitative estimate of drug-likeness (QED) is 0.662. The molecule has 63 valence electrons. The second-order valence-electron chi connectivity index (χ2n) is 2.25. The normalized spacial score (nSPS) is 11.7. The Morgan fingerprint density at radius 1 is 1.17 bits per heavy atom. The van der Waals surface area contributed by atoms with Crippen LogP contribution in [0.25, 0.3) is 6.08 Å². The molecule has 0 saturated heterocycles. The van der Waals surface area contributed by atoms with Crippen LogP contribution in [0.1, 0.15) is 5.56 Å². The second kappa shape index (κ2) is 5.59. The van der Waals surface area contributed by atoms with Crippen molar-refractivity contribution in [1.82, 2.24) is 0 Å². The van der Waals surface area contributed by atoms with Gasteiger partial charge in [0.2, 0.25) is 0 Å². The average Bonchev–Trinajstić information content (AvgIpc) is 2.05. The molecule has 3 heteroatoms. The molecule has 1 nitrogen and oxygen atoms in total. The maximum atomic E-state index is 5.34. The van der Waals surface area contributed by atoms with Crippen molar-refractivity contribution in [3.8, 4) is 5.75 Å². The Morgan fingerprint density at radius 2 is 1.92 bits per heavy atom. The molecule has 0 spiro atoms. The van der Waals surface area contributed by atoms with Gasteiger partial charge in [0, 0.05) is 43.7 Å². The molecule has 1 radical (unpaired) electrons. The predicted octanol–water partition coefficient (Wildman–Crippen LogP) is 2.09. The zero-order valence-corrected chi connectivity index (χ0v) is 9.55. The van der Waals surface area contributed by atoms with Crippen LogP contribution in [0.2, 0.25) is 0 Å². The van der Waals surface area contributed by atoms with Gasteiger partial charge in [-0.2, -0.15) is 0 Å². The summed E-state index contributed by atoms with van der Waals surface area (Å²) >= 11 is 0. The second-order valence-corrected chi connectivity index (χ2v) is 2.25. The molecule has 0 N–H and O–H groups in total. The molecule has 12 heavy (non-hydrogen) atoms. The largest absolute Gasteiger partial charge is 0.489 e. The van der Waals surface area contributed by atoms with E-state index in [0.29, 0.717) is 6.61 Å². The summed E-state index contributed by atoms with van der Waals surface area (Å²) in [5.74, 6) is 0.991. The van der Waals surface area contributed by atoms with Crippen molar-refractivity contribution in [2.24, 2.45) is 0 Å². The third-order valence-electron chi connectivity index (χ3n) is 1.55. The number of benzene rings is 1. The number of para-hydroxylation sites is 1. The molecule has 0 bridgehead atoms. The Bertz CT molecular complexity index is 273. The van der Waals surface area contributed by atoms with Crippen molar-refractivity contribution in [2.75, 3.05) is 6.61 Å². The van der Waals surface area contributed by atoms with Crippen molar-refractivity contribution in [3.05, 3.63) is 35.9 Å². The fourth-order valence-electron chi connectivity index (χ4n) is 1.06. The van der Waals surface area contributed by atoms with Crippen molar-refractivity contribution in [1.29, 1.82) is 0 Å². The summed E-state index contributed by atoms with van der Waals surface area (Å²) in [5.41, 5.74) is 1.17. The van der Waals surface area contributed by atoms with Gasteiger partial charge in [-0.1, -0.05) is 24.3 Å². The Hall–Kier alpha value is -0.0322. The first-order chi connectivity index (χ1) is 4.97. The molecule has 0 fully saturated rings. The molecule has 0 amide bonds. The summed E-state index contributed by atoms with van der Waals surface area (Å²) in [6.07, 6.45) is 4.10. The predicted molar refractivity (Wildman–Crippen MR) is 41.0 cm³/mol. The molecule has 0 aromatic heterocycles.